The molecule has 0 amide bonds. The van der Waals surface area contributed by atoms with Gasteiger partial charge >= 0.3 is 0 Å². The topological polar surface area (TPSA) is 23.5 Å². The van der Waals surface area contributed by atoms with Crippen LogP contribution in [0.15, 0.2) is 0 Å². The smallest absolute Gasteiger partial charge is 0.0650 e. The molecule has 0 bridgehead atoms. The molecule has 1 N–H and O–H groups in total. The van der Waals surface area contributed by atoms with Crippen molar-refractivity contribution in [2.45, 2.75) is 51.0 Å². The largest absolute Gasteiger partial charge is 0.390 e. The third-order valence-corrected chi connectivity index (χ3v) is 4.00. The van der Waals surface area contributed by atoms with Crippen LogP contribution in [-0.2, 0) is 0 Å². The van der Waals surface area contributed by atoms with Crippen LogP contribution in [0, 0.1) is 5.92 Å². The lowest BCUT2D eigenvalue weighted by atomic mass is 9.90. The van der Waals surface area contributed by atoms with E-state index < -0.39 is 0 Å². The van der Waals surface area contributed by atoms with Crippen molar-refractivity contribution in [3.8, 4) is 0 Å². The second-order valence-electron chi connectivity index (χ2n) is 5.14. The Balaban J connectivity index is 1.63. The third kappa shape index (κ3) is 2.71. The first kappa shape index (κ1) is 10.4. The van der Waals surface area contributed by atoms with Crippen LogP contribution in [0.25, 0.3) is 0 Å². The number of hydrogen-bond donors (Lipinski definition) is 1. The van der Waals surface area contributed by atoms with Gasteiger partial charge in [-0.05, 0) is 64.1 Å². The van der Waals surface area contributed by atoms with Gasteiger partial charge in [0.05, 0.1) is 5.60 Å². The van der Waals surface area contributed by atoms with Gasteiger partial charge < -0.3 is 10.0 Å². The maximum absolute atomic E-state index is 9.75. The molecule has 2 heteroatoms. The van der Waals surface area contributed by atoms with Crippen LogP contribution in [-0.4, -0.2) is 35.2 Å². The number of nitrogens with zero attached hydrogens (tertiary/aromatic N) is 1. The predicted molar refractivity (Wildman–Crippen MR) is 58.3 cm³/mol. The number of piperidine rings is 1. The first-order valence-corrected chi connectivity index (χ1v) is 6.16. The molecule has 0 unspecified atom stereocenters. The molecule has 1 aliphatic heterocycles. The van der Waals surface area contributed by atoms with E-state index in [0.29, 0.717) is 0 Å². The third-order valence-electron chi connectivity index (χ3n) is 4.00. The molecule has 1 saturated heterocycles. The molecule has 82 valence electrons. The molecule has 0 aromatic carbocycles. The predicted octanol–water partition coefficient (Wildman–Crippen LogP) is 2.02. The van der Waals surface area contributed by atoms with Gasteiger partial charge in [-0.1, -0.05) is 6.92 Å². The van der Waals surface area contributed by atoms with E-state index in [9.17, 15) is 5.11 Å². The molecule has 0 atom stereocenters. The number of aliphatic hydroxyl groups is 1. The Morgan fingerprint density at radius 3 is 2.43 bits per heavy atom. The van der Waals surface area contributed by atoms with Gasteiger partial charge in [-0.2, -0.15) is 0 Å². The molecule has 2 aliphatic rings. The van der Waals surface area contributed by atoms with Gasteiger partial charge in [0.15, 0.2) is 0 Å². The fraction of sp³-hybridized carbons (Fsp3) is 1.00. The molecule has 0 radical (unpaired) electrons. The summed E-state index contributed by atoms with van der Waals surface area (Å²) in [6, 6.07) is 0. The summed E-state index contributed by atoms with van der Waals surface area (Å²) in [5.74, 6) is 0.891. The van der Waals surface area contributed by atoms with E-state index >= 15 is 0 Å². The lowest BCUT2D eigenvalue weighted by Crippen LogP contribution is -2.33. The summed E-state index contributed by atoms with van der Waals surface area (Å²) in [5, 5.41) is 9.75. The number of likely N-dealkylation sites (tertiary alicyclic amines) is 1. The van der Waals surface area contributed by atoms with E-state index in [1.165, 1.54) is 38.9 Å². The quantitative estimate of drug-likeness (QED) is 0.745. The maximum atomic E-state index is 9.75. The summed E-state index contributed by atoms with van der Waals surface area (Å²) in [6.45, 7) is 6.00. The zero-order valence-electron chi connectivity index (χ0n) is 9.34. The Morgan fingerprint density at radius 1 is 1.29 bits per heavy atom. The fourth-order valence-electron chi connectivity index (χ4n) is 2.46. The highest BCUT2D eigenvalue weighted by Gasteiger charge is 2.40. The summed E-state index contributed by atoms with van der Waals surface area (Å²) in [4.78, 5) is 2.53. The average Bonchev–Trinajstić information content (AvgIpc) is 2.95. The summed E-state index contributed by atoms with van der Waals surface area (Å²) >= 11 is 0. The second-order valence-corrected chi connectivity index (χ2v) is 5.14. The summed E-state index contributed by atoms with van der Waals surface area (Å²) in [6.07, 6.45) is 7.13. The van der Waals surface area contributed by atoms with Crippen molar-refractivity contribution in [3.63, 3.8) is 0 Å². The van der Waals surface area contributed by atoms with Gasteiger partial charge in [-0.3, -0.25) is 0 Å². The summed E-state index contributed by atoms with van der Waals surface area (Å²) in [5.41, 5.74) is -0.220. The zero-order chi connectivity index (χ0) is 10.0. The van der Waals surface area contributed by atoms with Crippen molar-refractivity contribution in [1.82, 2.24) is 4.90 Å². The monoisotopic (exact) mass is 197 g/mol. The van der Waals surface area contributed by atoms with Crippen molar-refractivity contribution in [2.75, 3.05) is 19.6 Å². The van der Waals surface area contributed by atoms with Gasteiger partial charge in [-0.15, -0.1) is 0 Å². The van der Waals surface area contributed by atoms with Crippen molar-refractivity contribution in [2.24, 2.45) is 5.92 Å². The molecule has 1 heterocycles. The van der Waals surface area contributed by atoms with E-state index in [1.807, 2.05) is 0 Å². The lowest BCUT2D eigenvalue weighted by molar-refractivity contribution is 0.117. The average molecular weight is 197 g/mol. The minimum atomic E-state index is -0.220. The van der Waals surface area contributed by atoms with E-state index in [-0.39, 0.29) is 5.60 Å². The van der Waals surface area contributed by atoms with Crippen LogP contribution < -0.4 is 0 Å². The highest BCUT2D eigenvalue weighted by Crippen LogP contribution is 2.41. The van der Waals surface area contributed by atoms with E-state index in [0.717, 1.165) is 25.2 Å². The van der Waals surface area contributed by atoms with Gasteiger partial charge in [0.2, 0.25) is 0 Å². The normalized spacial score (nSPS) is 27.9. The Morgan fingerprint density at radius 2 is 1.93 bits per heavy atom. The summed E-state index contributed by atoms with van der Waals surface area (Å²) < 4.78 is 0. The Hall–Kier alpha value is -0.0800. The molecular formula is C12H23NO. The molecule has 0 spiro atoms. The Labute approximate surface area is 87.3 Å². The van der Waals surface area contributed by atoms with Gasteiger partial charge in [0.1, 0.15) is 0 Å². The van der Waals surface area contributed by atoms with E-state index in [2.05, 4.69) is 11.8 Å². The van der Waals surface area contributed by atoms with Crippen molar-refractivity contribution in [3.05, 3.63) is 0 Å². The molecule has 1 aliphatic carbocycles. The molecule has 14 heavy (non-hydrogen) atoms. The van der Waals surface area contributed by atoms with Crippen LogP contribution >= 0.6 is 0 Å². The minimum Gasteiger partial charge on any atom is -0.390 e. The van der Waals surface area contributed by atoms with Crippen LogP contribution in [0.3, 0.4) is 0 Å². The second kappa shape index (κ2) is 4.19. The SMILES string of the molecule is CCN1CCC(CCC2(O)CC2)CC1. The maximum Gasteiger partial charge on any atom is 0.0650 e. The Bertz CT molecular complexity index is 181. The Kier molecular flexibility index (Phi) is 3.13. The van der Waals surface area contributed by atoms with Crippen LogP contribution in [0.1, 0.15) is 45.4 Å². The van der Waals surface area contributed by atoms with Crippen molar-refractivity contribution in [1.29, 1.82) is 0 Å². The van der Waals surface area contributed by atoms with Crippen molar-refractivity contribution >= 4 is 0 Å². The molecular weight excluding hydrogens is 174 g/mol. The van der Waals surface area contributed by atoms with E-state index in [1.54, 1.807) is 0 Å². The molecule has 2 rings (SSSR count). The fourth-order valence-corrected chi connectivity index (χ4v) is 2.46. The first-order valence-electron chi connectivity index (χ1n) is 6.16. The molecule has 1 saturated carbocycles. The van der Waals surface area contributed by atoms with Crippen LogP contribution in [0.5, 0.6) is 0 Å². The molecule has 2 fully saturated rings. The minimum absolute atomic E-state index is 0.220. The van der Waals surface area contributed by atoms with Crippen molar-refractivity contribution < 1.29 is 5.11 Å². The van der Waals surface area contributed by atoms with E-state index in [4.69, 9.17) is 0 Å². The number of hydrogen-bond acceptors (Lipinski definition) is 2. The first-order chi connectivity index (χ1) is 6.72. The lowest BCUT2D eigenvalue weighted by Gasteiger charge is -2.31. The van der Waals surface area contributed by atoms with Gasteiger partial charge in [0, 0.05) is 0 Å². The zero-order valence-corrected chi connectivity index (χ0v) is 9.34. The molecule has 0 aromatic heterocycles. The van der Waals surface area contributed by atoms with Crippen LogP contribution in [0.4, 0.5) is 0 Å². The highest BCUT2D eigenvalue weighted by atomic mass is 16.3. The van der Waals surface area contributed by atoms with Gasteiger partial charge in [-0.25, -0.2) is 0 Å². The van der Waals surface area contributed by atoms with Gasteiger partial charge in [0.25, 0.3) is 0 Å². The summed E-state index contributed by atoms with van der Waals surface area (Å²) in [7, 11) is 0. The molecule has 0 aromatic rings. The standard InChI is InChI=1S/C12H23NO/c1-2-13-9-4-11(5-10-13)3-6-12(14)7-8-12/h11,14H,2-10H2,1H3. The van der Waals surface area contributed by atoms with Crippen LogP contribution in [0.2, 0.25) is 0 Å². The number of rotatable bonds is 4. The molecule has 2 nitrogen and oxygen atoms in total. The highest BCUT2D eigenvalue weighted by molar-refractivity contribution is 4.93.